The molecule has 3 heterocycles. The molecule has 0 saturated carbocycles. The number of nitrogens with zero attached hydrogens (tertiary/aromatic N) is 5. The van der Waals surface area contributed by atoms with Gasteiger partial charge in [0.05, 0.1) is 19.0 Å². The first-order valence-corrected chi connectivity index (χ1v) is 10.2. The molecule has 0 spiro atoms. The third kappa shape index (κ3) is 4.16. The van der Waals surface area contributed by atoms with Crippen molar-refractivity contribution >= 4 is 0 Å². The summed E-state index contributed by atoms with van der Waals surface area (Å²) in [5.41, 5.74) is 4.28. The van der Waals surface area contributed by atoms with Crippen molar-refractivity contribution in [1.29, 1.82) is 0 Å². The first kappa shape index (κ1) is 19.0. The highest BCUT2D eigenvalue weighted by atomic mass is 16.5. The van der Waals surface area contributed by atoms with E-state index in [1.54, 1.807) is 10.9 Å². The van der Waals surface area contributed by atoms with Gasteiger partial charge in [0.2, 0.25) is 0 Å². The van der Waals surface area contributed by atoms with Crippen LogP contribution in [0.25, 0.3) is 34.0 Å². The van der Waals surface area contributed by atoms with Crippen LogP contribution in [0.3, 0.4) is 0 Å². The SMILES string of the molecule is CCCOc1ccc(-c2cc(Cn3cc4nc(-c5ccccc5)nc-4cn3)on2)cc1. The molecule has 0 N–H and O–H groups in total. The number of imidazole rings is 1. The van der Waals surface area contributed by atoms with Crippen molar-refractivity contribution in [3.63, 3.8) is 0 Å². The Bertz CT molecular complexity index is 1240. The first-order chi connectivity index (χ1) is 15.3. The standard InChI is InChI=1S/C24H21N5O2/c1-2-12-30-19-10-8-17(9-11-19)21-13-20(31-28-21)15-29-16-23-22(14-25-29)26-24(27-23)18-6-4-3-5-7-18/h3-11,13-14,16H,2,12,15H2,1H3. The minimum atomic E-state index is 0.453. The summed E-state index contributed by atoms with van der Waals surface area (Å²) in [6.45, 7) is 3.25. The van der Waals surface area contributed by atoms with Crippen LogP contribution in [0, 0.1) is 0 Å². The number of hydrogen-bond acceptors (Lipinski definition) is 6. The van der Waals surface area contributed by atoms with Crippen molar-refractivity contribution in [3.8, 4) is 39.8 Å². The highest BCUT2D eigenvalue weighted by Gasteiger charge is 2.14. The monoisotopic (exact) mass is 411 g/mol. The van der Waals surface area contributed by atoms with Crippen LogP contribution in [0.4, 0.5) is 0 Å². The van der Waals surface area contributed by atoms with E-state index < -0.39 is 0 Å². The molecule has 3 aromatic rings. The molecule has 0 unspecified atom stereocenters. The molecule has 2 aliphatic rings. The summed E-state index contributed by atoms with van der Waals surface area (Å²) in [6.07, 6.45) is 4.58. The van der Waals surface area contributed by atoms with E-state index in [1.165, 1.54) is 0 Å². The Kier molecular flexibility index (Phi) is 5.14. The molecule has 0 atom stereocenters. The molecule has 0 bridgehead atoms. The fourth-order valence-corrected chi connectivity index (χ4v) is 3.29. The van der Waals surface area contributed by atoms with Gasteiger partial charge in [0, 0.05) is 17.2 Å². The van der Waals surface area contributed by atoms with Crippen LogP contribution in [0.1, 0.15) is 19.1 Å². The lowest BCUT2D eigenvalue weighted by atomic mass is 10.1. The van der Waals surface area contributed by atoms with Crippen LogP contribution in [-0.4, -0.2) is 31.5 Å². The molecule has 7 nitrogen and oxygen atoms in total. The molecule has 0 radical (unpaired) electrons. The fourth-order valence-electron chi connectivity index (χ4n) is 3.29. The van der Waals surface area contributed by atoms with E-state index in [9.17, 15) is 0 Å². The summed E-state index contributed by atoms with van der Waals surface area (Å²) in [5, 5.41) is 8.64. The summed E-state index contributed by atoms with van der Waals surface area (Å²) in [7, 11) is 0. The molecule has 0 amide bonds. The number of rotatable bonds is 7. The Balaban J connectivity index is 1.32. The lowest BCUT2D eigenvalue weighted by Gasteiger charge is -2.04. The molecular weight excluding hydrogens is 390 g/mol. The Morgan fingerprint density at radius 3 is 2.52 bits per heavy atom. The minimum Gasteiger partial charge on any atom is -0.494 e. The fraction of sp³-hybridized carbons (Fsp3) is 0.167. The lowest BCUT2D eigenvalue weighted by molar-refractivity contribution is 0.317. The van der Waals surface area contributed by atoms with Crippen molar-refractivity contribution < 1.29 is 9.26 Å². The summed E-state index contributed by atoms with van der Waals surface area (Å²) in [4.78, 5) is 9.21. The quantitative estimate of drug-likeness (QED) is 0.378. The third-order valence-corrected chi connectivity index (χ3v) is 4.85. The molecule has 0 saturated heterocycles. The summed E-state index contributed by atoms with van der Waals surface area (Å²) in [6, 6.07) is 19.7. The van der Waals surface area contributed by atoms with Crippen molar-refractivity contribution in [2.75, 3.05) is 6.61 Å². The van der Waals surface area contributed by atoms with E-state index in [0.717, 1.165) is 40.4 Å². The number of fused-ring (bicyclic) bond motifs is 1. The summed E-state index contributed by atoms with van der Waals surface area (Å²) >= 11 is 0. The average molecular weight is 411 g/mol. The van der Waals surface area contributed by atoms with Gasteiger partial charge in [0.1, 0.15) is 29.4 Å². The molecule has 7 heteroatoms. The van der Waals surface area contributed by atoms with E-state index in [2.05, 4.69) is 27.1 Å². The highest BCUT2D eigenvalue weighted by Crippen LogP contribution is 2.25. The van der Waals surface area contributed by atoms with E-state index in [0.29, 0.717) is 24.7 Å². The molecule has 2 aromatic carbocycles. The zero-order chi connectivity index (χ0) is 21.0. The molecule has 31 heavy (non-hydrogen) atoms. The second-order valence-corrected chi connectivity index (χ2v) is 7.21. The largest absolute Gasteiger partial charge is 0.494 e. The van der Waals surface area contributed by atoms with Crippen molar-refractivity contribution in [1.82, 2.24) is 24.9 Å². The number of aromatic nitrogens is 5. The van der Waals surface area contributed by atoms with Crippen molar-refractivity contribution in [2.24, 2.45) is 0 Å². The molecule has 1 aromatic heterocycles. The molecule has 0 fully saturated rings. The van der Waals surface area contributed by atoms with E-state index in [-0.39, 0.29) is 0 Å². The maximum absolute atomic E-state index is 5.63. The van der Waals surface area contributed by atoms with Gasteiger partial charge in [-0.2, -0.15) is 5.10 Å². The van der Waals surface area contributed by atoms with Gasteiger partial charge in [-0.1, -0.05) is 42.4 Å². The smallest absolute Gasteiger partial charge is 0.160 e. The first-order valence-electron chi connectivity index (χ1n) is 10.2. The van der Waals surface area contributed by atoms with Gasteiger partial charge >= 0.3 is 0 Å². The maximum Gasteiger partial charge on any atom is 0.160 e. The summed E-state index contributed by atoms with van der Waals surface area (Å²) < 4.78 is 12.9. The van der Waals surface area contributed by atoms with Gasteiger partial charge in [-0.3, -0.25) is 4.68 Å². The number of ether oxygens (including phenoxy) is 1. The Morgan fingerprint density at radius 2 is 1.71 bits per heavy atom. The van der Waals surface area contributed by atoms with E-state index >= 15 is 0 Å². The molecule has 0 aliphatic carbocycles. The van der Waals surface area contributed by atoms with Crippen LogP contribution in [-0.2, 0) is 6.54 Å². The van der Waals surface area contributed by atoms with E-state index in [4.69, 9.17) is 9.26 Å². The van der Waals surface area contributed by atoms with Gasteiger partial charge in [0.25, 0.3) is 0 Å². The average Bonchev–Trinajstić information content (AvgIpc) is 3.45. The molecule has 5 rings (SSSR count). The zero-order valence-corrected chi connectivity index (χ0v) is 17.1. The second kappa shape index (κ2) is 8.39. The van der Waals surface area contributed by atoms with Crippen molar-refractivity contribution in [3.05, 3.63) is 78.8 Å². The van der Waals surface area contributed by atoms with Gasteiger partial charge in [-0.05, 0) is 30.7 Å². The van der Waals surface area contributed by atoms with Crippen LogP contribution in [0.5, 0.6) is 5.75 Å². The lowest BCUT2D eigenvalue weighted by Crippen LogP contribution is -2.04. The van der Waals surface area contributed by atoms with Gasteiger partial charge in [-0.15, -0.1) is 0 Å². The number of hydrogen-bond donors (Lipinski definition) is 0. The minimum absolute atomic E-state index is 0.453. The Labute approximate surface area is 179 Å². The normalized spacial score (nSPS) is 11.1. The molecule has 154 valence electrons. The van der Waals surface area contributed by atoms with Crippen LogP contribution < -0.4 is 4.74 Å². The van der Waals surface area contributed by atoms with Crippen molar-refractivity contribution in [2.45, 2.75) is 19.9 Å². The second-order valence-electron chi connectivity index (χ2n) is 7.21. The molecule has 2 aliphatic heterocycles. The predicted molar refractivity (Wildman–Crippen MR) is 117 cm³/mol. The van der Waals surface area contributed by atoms with Crippen LogP contribution in [0.15, 0.2) is 77.6 Å². The predicted octanol–water partition coefficient (Wildman–Crippen LogP) is 4.94. The third-order valence-electron chi connectivity index (χ3n) is 4.85. The Hall–Kier alpha value is -4.00. The van der Waals surface area contributed by atoms with Gasteiger partial charge in [-0.25, -0.2) is 9.97 Å². The van der Waals surface area contributed by atoms with Crippen LogP contribution >= 0.6 is 0 Å². The molecular formula is C24H21N5O2. The topological polar surface area (TPSA) is 78.9 Å². The Morgan fingerprint density at radius 1 is 0.903 bits per heavy atom. The summed E-state index contributed by atoms with van der Waals surface area (Å²) in [5.74, 6) is 2.26. The highest BCUT2D eigenvalue weighted by molar-refractivity contribution is 5.65. The number of benzene rings is 2. The van der Waals surface area contributed by atoms with Gasteiger partial charge in [0.15, 0.2) is 11.6 Å². The zero-order valence-electron chi connectivity index (χ0n) is 17.1. The maximum atomic E-state index is 5.63. The van der Waals surface area contributed by atoms with Crippen LogP contribution in [0.2, 0.25) is 0 Å². The van der Waals surface area contributed by atoms with Gasteiger partial charge < -0.3 is 9.26 Å². The van der Waals surface area contributed by atoms with E-state index in [1.807, 2.05) is 66.9 Å².